The highest BCUT2D eigenvalue weighted by molar-refractivity contribution is 4.99. The molecule has 2 heteroatoms. The fourth-order valence-corrected chi connectivity index (χ4v) is 1.23. The molecule has 0 amide bonds. The smallest absolute Gasteiger partial charge is 0.0712 e. The monoisotopic (exact) mass is 219 g/mol. The lowest BCUT2D eigenvalue weighted by Crippen LogP contribution is -2.07. The van der Waals surface area contributed by atoms with Gasteiger partial charge in [-0.25, -0.2) is 5.73 Å². The summed E-state index contributed by atoms with van der Waals surface area (Å²) in [4.78, 5) is 0. The van der Waals surface area contributed by atoms with Gasteiger partial charge in [0.05, 0.1) is 6.54 Å². The molecule has 16 heavy (non-hydrogen) atoms. The van der Waals surface area contributed by atoms with Crippen LogP contribution in [0.25, 0.3) is 0 Å². The van der Waals surface area contributed by atoms with E-state index in [2.05, 4.69) is 36.0 Å². The predicted octanol–water partition coefficient (Wildman–Crippen LogP) is 2.57. The molecule has 2 nitrogen and oxygen atoms in total. The molecule has 89 valence electrons. The number of rotatable bonds is 7. The minimum atomic E-state index is 0.224. The summed E-state index contributed by atoms with van der Waals surface area (Å²) in [5.74, 6) is 8.82. The van der Waals surface area contributed by atoms with Gasteiger partial charge in [0, 0.05) is 25.4 Å². The quantitative estimate of drug-likeness (QED) is 0.399. The van der Waals surface area contributed by atoms with Crippen LogP contribution in [0.1, 0.15) is 51.9 Å². The van der Waals surface area contributed by atoms with Crippen molar-refractivity contribution in [1.82, 2.24) is 11.1 Å². The molecule has 1 radical (unpaired) electrons. The largest absolute Gasteiger partial charge is 0.346 e. The minimum Gasteiger partial charge on any atom is -0.346 e. The maximum absolute atomic E-state index is 6.84. The van der Waals surface area contributed by atoms with E-state index in [4.69, 9.17) is 5.73 Å². The Morgan fingerprint density at radius 3 is 2.44 bits per heavy atom. The third-order valence-electron chi connectivity index (χ3n) is 2.15. The van der Waals surface area contributed by atoms with Crippen LogP contribution in [0.5, 0.6) is 0 Å². The number of nitrogens with one attached hydrogen (secondary N) is 2. The van der Waals surface area contributed by atoms with Gasteiger partial charge in [0.2, 0.25) is 0 Å². The first kappa shape index (κ1) is 14.9. The molecule has 0 aromatic heterocycles. The Bertz CT molecular complexity index is 249. The highest BCUT2D eigenvalue weighted by Crippen LogP contribution is 1.96. The fourth-order valence-electron chi connectivity index (χ4n) is 1.23. The summed E-state index contributed by atoms with van der Waals surface area (Å²) in [5, 5.41) is 3.11. The van der Waals surface area contributed by atoms with Crippen molar-refractivity contribution in [2.24, 2.45) is 0 Å². The van der Waals surface area contributed by atoms with E-state index in [-0.39, 0.29) is 6.54 Å². The van der Waals surface area contributed by atoms with Gasteiger partial charge in [-0.05, 0) is 19.3 Å². The Labute approximate surface area is 100 Å². The van der Waals surface area contributed by atoms with Crippen LogP contribution in [0.3, 0.4) is 0 Å². The normalized spacial score (nSPS) is 8.62. The van der Waals surface area contributed by atoms with Gasteiger partial charge < -0.3 is 5.32 Å². The maximum atomic E-state index is 6.84. The minimum absolute atomic E-state index is 0.224. The van der Waals surface area contributed by atoms with Gasteiger partial charge in [0.25, 0.3) is 0 Å². The SMILES string of the molecule is CCCCCC#CNCCCCC#CC[NH]. The summed E-state index contributed by atoms with van der Waals surface area (Å²) in [5.41, 5.74) is 6.84. The van der Waals surface area contributed by atoms with Crippen LogP contribution in [0.4, 0.5) is 0 Å². The summed E-state index contributed by atoms with van der Waals surface area (Å²) in [6, 6.07) is 2.98. The Morgan fingerprint density at radius 1 is 0.938 bits per heavy atom. The second-order valence-corrected chi connectivity index (χ2v) is 3.67. The molecule has 0 aromatic rings. The first-order valence-electron chi connectivity index (χ1n) is 6.22. The van der Waals surface area contributed by atoms with E-state index in [9.17, 15) is 0 Å². The second kappa shape index (κ2) is 13.9. The molecule has 2 N–H and O–H groups in total. The van der Waals surface area contributed by atoms with E-state index >= 15 is 0 Å². The third kappa shape index (κ3) is 12.9. The zero-order valence-corrected chi connectivity index (χ0v) is 10.4. The summed E-state index contributed by atoms with van der Waals surface area (Å²) in [6.07, 6.45) is 7.87. The first-order valence-corrected chi connectivity index (χ1v) is 6.22. The Kier molecular flexibility index (Phi) is 12.9. The second-order valence-electron chi connectivity index (χ2n) is 3.67. The predicted molar refractivity (Wildman–Crippen MR) is 69.5 cm³/mol. The summed E-state index contributed by atoms with van der Waals surface area (Å²) < 4.78 is 0. The first-order chi connectivity index (χ1) is 7.91. The van der Waals surface area contributed by atoms with Crippen molar-refractivity contribution in [2.75, 3.05) is 13.1 Å². The van der Waals surface area contributed by atoms with Gasteiger partial charge in [-0.2, -0.15) is 0 Å². The lowest BCUT2D eigenvalue weighted by molar-refractivity contribution is 0.716. The zero-order chi connectivity index (χ0) is 11.9. The Morgan fingerprint density at radius 2 is 1.69 bits per heavy atom. The van der Waals surface area contributed by atoms with Crippen molar-refractivity contribution in [3.05, 3.63) is 0 Å². The number of unbranched alkanes of at least 4 members (excludes halogenated alkanes) is 5. The average molecular weight is 219 g/mol. The molecule has 0 aliphatic carbocycles. The molecule has 0 spiro atoms. The highest BCUT2D eigenvalue weighted by Gasteiger charge is 1.84. The van der Waals surface area contributed by atoms with Gasteiger partial charge in [-0.1, -0.05) is 31.6 Å². The van der Waals surface area contributed by atoms with E-state index in [1.165, 1.54) is 19.3 Å². The van der Waals surface area contributed by atoms with Crippen molar-refractivity contribution < 1.29 is 0 Å². The highest BCUT2D eigenvalue weighted by atomic mass is 14.8. The van der Waals surface area contributed by atoms with Crippen molar-refractivity contribution in [1.29, 1.82) is 0 Å². The molecule has 0 rings (SSSR count). The van der Waals surface area contributed by atoms with E-state index in [1.54, 1.807) is 0 Å². The molecular formula is C14H23N2. The van der Waals surface area contributed by atoms with Gasteiger partial charge in [0.15, 0.2) is 0 Å². The zero-order valence-electron chi connectivity index (χ0n) is 10.4. The molecule has 0 aliphatic rings. The molecule has 0 fully saturated rings. The van der Waals surface area contributed by atoms with Crippen LogP contribution >= 0.6 is 0 Å². The van der Waals surface area contributed by atoms with Gasteiger partial charge in [-0.15, -0.1) is 5.92 Å². The van der Waals surface area contributed by atoms with E-state index < -0.39 is 0 Å². The Hall–Kier alpha value is -1.12. The lowest BCUT2D eigenvalue weighted by atomic mass is 10.2. The van der Waals surface area contributed by atoms with Gasteiger partial charge >= 0.3 is 0 Å². The van der Waals surface area contributed by atoms with Crippen molar-refractivity contribution in [3.63, 3.8) is 0 Å². The number of hydrogen-bond donors (Lipinski definition) is 1. The van der Waals surface area contributed by atoms with Crippen molar-refractivity contribution in [3.8, 4) is 23.8 Å². The van der Waals surface area contributed by atoms with Crippen LogP contribution in [0, 0.1) is 23.8 Å². The number of hydrogen-bond acceptors (Lipinski definition) is 1. The molecule has 0 aromatic carbocycles. The topological polar surface area (TPSA) is 35.8 Å². The van der Waals surface area contributed by atoms with Gasteiger partial charge in [0.1, 0.15) is 0 Å². The van der Waals surface area contributed by atoms with Crippen LogP contribution in [-0.4, -0.2) is 13.1 Å². The van der Waals surface area contributed by atoms with Gasteiger partial charge in [-0.3, -0.25) is 0 Å². The molecule has 0 aliphatic heterocycles. The fraction of sp³-hybridized carbons (Fsp3) is 0.714. The summed E-state index contributed by atoms with van der Waals surface area (Å²) >= 11 is 0. The summed E-state index contributed by atoms with van der Waals surface area (Å²) in [7, 11) is 0. The standard InChI is InChI=1S/C14H23N2/c1-2-3-4-7-10-13-16-14-11-8-5-6-9-12-15/h15-16H,2-5,7-8,11-12,14H2,1H3. The van der Waals surface area contributed by atoms with Crippen LogP contribution in [0.15, 0.2) is 0 Å². The summed E-state index contributed by atoms with van der Waals surface area (Å²) in [6.45, 7) is 3.38. The van der Waals surface area contributed by atoms with Crippen molar-refractivity contribution in [2.45, 2.75) is 51.9 Å². The molecule has 0 saturated heterocycles. The molecule has 0 heterocycles. The van der Waals surface area contributed by atoms with Crippen LogP contribution < -0.4 is 11.1 Å². The average Bonchev–Trinajstić information content (AvgIpc) is 2.31. The lowest BCUT2D eigenvalue weighted by Gasteiger charge is -1.95. The van der Waals surface area contributed by atoms with E-state index in [0.29, 0.717) is 0 Å². The molecule has 0 unspecified atom stereocenters. The maximum Gasteiger partial charge on any atom is 0.0712 e. The molecule has 0 atom stereocenters. The Balaban J connectivity index is 3.13. The van der Waals surface area contributed by atoms with Crippen molar-refractivity contribution >= 4 is 0 Å². The van der Waals surface area contributed by atoms with Crippen LogP contribution in [-0.2, 0) is 0 Å². The van der Waals surface area contributed by atoms with Crippen LogP contribution in [0.2, 0.25) is 0 Å². The third-order valence-corrected chi connectivity index (χ3v) is 2.15. The molecule has 0 bridgehead atoms. The molecule has 0 saturated carbocycles. The molecular weight excluding hydrogens is 196 g/mol. The van der Waals surface area contributed by atoms with E-state index in [0.717, 1.165) is 32.2 Å². The van der Waals surface area contributed by atoms with E-state index in [1.807, 2.05) is 0 Å².